The van der Waals surface area contributed by atoms with Crippen molar-refractivity contribution in [3.63, 3.8) is 0 Å². The topological polar surface area (TPSA) is 72.2 Å². The van der Waals surface area contributed by atoms with Crippen molar-refractivity contribution in [3.8, 4) is 0 Å². The van der Waals surface area contributed by atoms with E-state index in [2.05, 4.69) is 5.32 Å². The van der Waals surface area contributed by atoms with Crippen molar-refractivity contribution >= 4 is 29.0 Å². The van der Waals surface area contributed by atoms with Crippen LogP contribution in [0.5, 0.6) is 0 Å². The normalized spacial score (nSPS) is 10.4. The number of hydrogen-bond acceptors (Lipinski definition) is 3. The third-order valence-electron chi connectivity index (χ3n) is 2.35. The first-order valence-corrected chi connectivity index (χ1v) is 6.15. The lowest BCUT2D eigenvalue weighted by Crippen LogP contribution is -2.30. The van der Waals surface area contributed by atoms with Crippen LogP contribution in [0, 0.1) is 0 Å². The lowest BCUT2D eigenvalue weighted by Gasteiger charge is -2.08. The third kappa shape index (κ3) is 4.37. The van der Waals surface area contributed by atoms with Gasteiger partial charge in [-0.2, -0.15) is 0 Å². The molecule has 0 saturated heterocycles. The van der Waals surface area contributed by atoms with Crippen LogP contribution in [0.4, 0.5) is 5.69 Å². The van der Waals surface area contributed by atoms with E-state index >= 15 is 0 Å². The first kappa shape index (κ1) is 14.5. The highest BCUT2D eigenvalue weighted by atomic mass is 35.5. The Morgan fingerprint density at radius 2 is 2.00 bits per heavy atom. The summed E-state index contributed by atoms with van der Waals surface area (Å²) in [5.74, 6) is -0.238. The number of rotatable bonds is 5. The zero-order valence-electron chi connectivity index (χ0n) is 10.5. The molecule has 0 heterocycles. The first-order valence-electron chi connectivity index (χ1n) is 5.77. The quantitative estimate of drug-likeness (QED) is 0.636. The molecule has 0 bridgehead atoms. The number of amides is 1. The monoisotopic (exact) mass is 268 g/mol. The van der Waals surface area contributed by atoms with Crippen molar-refractivity contribution in [3.05, 3.63) is 28.8 Å². The van der Waals surface area contributed by atoms with Crippen molar-refractivity contribution in [1.29, 1.82) is 0 Å². The molecule has 0 atom stereocenters. The Kier molecular flexibility index (Phi) is 5.16. The van der Waals surface area contributed by atoms with Gasteiger partial charge in [0.2, 0.25) is 5.91 Å². The Morgan fingerprint density at radius 1 is 1.33 bits per heavy atom. The second-order valence-electron chi connectivity index (χ2n) is 4.38. The summed E-state index contributed by atoms with van der Waals surface area (Å²) >= 11 is 5.77. The molecule has 18 heavy (non-hydrogen) atoms. The van der Waals surface area contributed by atoms with E-state index in [0.717, 1.165) is 0 Å². The Morgan fingerprint density at radius 3 is 2.56 bits per heavy atom. The summed E-state index contributed by atoms with van der Waals surface area (Å²) in [6.45, 7) is 3.75. The van der Waals surface area contributed by atoms with Gasteiger partial charge >= 0.3 is 0 Å². The zero-order valence-corrected chi connectivity index (χ0v) is 11.3. The minimum Gasteiger partial charge on any atom is -0.398 e. The van der Waals surface area contributed by atoms with E-state index in [1.807, 2.05) is 13.8 Å². The highest BCUT2D eigenvalue weighted by molar-refractivity contribution is 6.33. The van der Waals surface area contributed by atoms with Crippen molar-refractivity contribution in [2.75, 3.05) is 5.73 Å². The summed E-state index contributed by atoms with van der Waals surface area (Å²) in [7, 11) is 0. The SMILES string of the molecule is CC(C)NC(=O)CCC(=O)c1ccc(Cl)c(N)c1. The first-order chi connectivity index (χ1) is 8.40. The molecule has 1 aromatic carbocycles. The predicted octanol–water partition coefficient (Wildman–Crippen LogP) is 2.41. The number of nitrogens with two attached hydrogens (primary N) is 1. The minimum absolute atomic E-state index is 0.0822. The van der Waals surface area contributed by atoms with Gasteiger partial charge in [0, 0.05) is 24.4 Å². The summed E-state index contributed by atoms with van der Waals surface area (Å²) in [4.78, 5) is 23.2. The summed E-state index contributed by atoms with van der Waals surface area (Å²) in [5, 5.41) is 3.15. The van der Waals surface area contributed by atoms with Crippen LogP contribution < -0.4 is 11.1 Å². The molecule has 0 saturated carbocycles. The minimum atomic E-state index is -0.125. The number of anilines is 1. The largest absolute Gasteiger partial charge is 0.398 e. The van der Waals surface area contributed by atoms with Gasteiger partial charge in [0.1, 0.15) is 0 Å². The number of nitrogens with one attached hydrogen (secondary N) is 1. The maximum Gasteiger partial charge on any atom is 0.220 e. The Labute approximate surface area is 112 Å². The zero-order chi connectivity index (χ0) is 13.7. The average Bonchev–Trinajstić information content (AvgIpc) is 2.28. The van der Waals surface area contributed by atoms with Gasteiger partial charge in [0.15, 0.2) is 5.78 Å². The van der Waals surface area contributed by atoms with E-state index in [-0.39, 0.29) is 30.6 Å². The number of carbonyl (C=O) groups is 2. The van der Waals surface area contributed by atoms with E-state index in [1.54, 1.807) is 12.1 Å². The van der Waals surface area contributed by atoms with Crippen molar-refractivity contribution < 1.29 is 9.59 Å². The standard InChI is InChI=1S/C13H17ClN2O2/c1-8(2)16-13(18)6-5-12(17)9-3-4-10(14)11(15)7-9/h3-4,7-8H,5-6,15H2,1-2H3,(H,16,18). The molecule has 0 unspecified atom stereocenters. The van der Waals surface area contributed by atoms with E-state index < -0.39 is 0 Å². The Balaban J connectivity index is 2.55. The number of halogens is 1. The molecule has 0 aliphatic carbocycles. The van der Waals surface area contributed by atoms with Crippen molar-refractivity contribution in [1.82, 2.24) is 5.32 Å². The van der Waals surface area contributed by atoms with Gasteiger partial charge in [-0.1, -0.05) is 11.6 Å². The Hall–Kier alpha value is -1.55. The second-order valence-corrected chi connectivity index (χ2v) is 4.79. The molecule has 0 radical (unpaired) electrons. The van der Waals surface area contributed by atoms with Gasteiger partial charge in [0.05, 0.1) is 10.7 Å². The van der Waals surface area contributed by atoms with E-state index in [1.165, 1.54) is 6.07 Å². The number of benzene rings is 1. The van der Waals surface area contributed by atoms with Gasteiger partial charge in [-0.3, -0.25) is 9.59 Å². The average molecular weight is 269 g/mol. The number of hydrogen-bond donors (Lipinski definition) is 2. The summed E-state index contributed by atoms with van der Waals surface area (Å²) in [6, 6.07) is 4.81. The van der Waals surface area contributed by atoms with Gasteiger partial charge < -0.3 is 11.1 Å². The van der Waals surface area contributed by atoms with Crippen LogP contribution in [0.1, 0.15) is 37.0 Å². The maximum atomic E-state index is 11.8. The molecule has 0 fully saturated rings. The van der Waals surface area contributed by atoms with Crippen LogP contribution in [-0.2, 0) is 4.79 Å². The van der Waals surface area contributed by atoms with Crippen LogP contribution in [0.25, 0.3) is 0 Å². The molecule has 0 spiro atoms. The number of nitrogen functional groups attached to an aromatic ring is 1. The number of Topliss-reactive ketones (excluding diaryl/α,β-unsaturated/α-hetero) is 1. The molecule has 98 valence electrons. The molecule has 1 aromatic rings. The van der Waals surface area contributed by atoms with Crippen LogP contribution in [0.3, 0.4) is 0 Å². The molecule has 1 rings (SSSR count). The molecule has 5 heteroatoms. The molecule has 0 aliphatic rings. The highest BCUT2D eigenvalue weighted by Gasteiger charge is 2.11. The highest BCUT2D eigenvalue weighted by Crippen LogP contribution is 2.20. The molecule has 0 aliphatic heterocycles. The van der Waals surface area contributed by atoms with Crippen LogP contribution in [0.2, 0.25) is 5.02 Å². The third-order valence-corrected chi connectivity index (χ3v) is 2.69. The second kappa shape index (κ2) is 6.40. The van der Waals surface area contributed by atoms with E-state index in [9.17, 15) is 9.59 Å². The number of ketones is 1. The predicted molar refractivity (Wildman–Crippen MR) is 72.7 cm³/mol. The van der Waals surface area contributed by atoms with E-state index in [0.29, 0.717) is 16.3 Å². The molecule has 1 amide bonds. The fraction of sp³-hybridized carbons (Fsp3) is 0.385. The molecule has 0 aromatic heterocycles. The van der Waals surface area contributed by atoms with E-state index in [4.69, 9.17) is 17.3 Å². The van der Waals surface area contributed by atoms with Gasteiger partial charge in [-0.25, -0.2) is 0 Å². The molecule has 3 N–H and O–H groups in total. The van der Waals surface area contributed by atoms with Crippen molar-refractivity contribution in [2.45, 2.75) is 32.7 Å². The maximum absolute atomic E-state index is 11.8. The van der Waals surface area contributed by atoms with Crippen LogP contribution >= 0.6 is 11.6 Å². The van der Waals surface area contributed by atoms with Crippen LogP contribution in [0.15, 0.2) is 18.2 Å². The summed E-state index contributed by atoms with van der Waals surface area (Å²) < 4.78 is 0. The summed E-state index contributed by atoms with van der Waals surface area (Å²) in [5.41, 5.74) is 6.47. The molecular formula is C13H17ClN2O2. The van der Waals surface area contributed by atoms with Gasteiger partial charge in [0.25, 0.3) is 0 Å². The van der Waals surface area contributed by atoms with Crippen molar-refractivity contribution in [2.24, 2.45) is 0 Å². The Bertz CT molecular complexity index is 458. The lowest BCUT2D eigenvalue weighted by molar-refractivity contribution is -0.121. The fourth-order valence-corrected chi connectivity index (χ4v) is 1.60. The smallest absolute Gasteiger partial charge is 0.220 e. The summed E-state index contributed by atoms with van der Waals surface area (Å²) in [6.07, 6.45) is 0.346. The number of carbonyl (C=O) groups excluding carboxylic acids is 2. The molecule has 4 nitrogen and oxygen atoms in total. The van der Waals surface area contributed by atoms with Gasteiger partial charge in [-0.05, 0) is 32.0 Å². The fourth-order valence-electron chi connectivity index (χ4n) is 1.48. The van der Waals surface area contributed by atoms with Gasteiger partial charge in [-0.15, -0.1) is 0 Å². The molecular weight excluding hydrogens is 252 g/mol. The van der Waals surface area contributed by atoms with Crippen LogP contribution in [-0.4, -0.2) is 17.7 Å². The lowest BCUT2D eigenvalue weighted by atomic mass is 10.1.